The molecule has 14 heavy (non-hydrogen) atoms. The van der Waals surface area contributed by atoms with Crippen molar-refractivity contribution in [2.45, 2.75) is 12.3 Å². The van der Waals surface area contributed by atoms with Gasteiger partial charge in [-0.15, -0.1) is 0 Å². The minimum absolute atomic E-state index is 0. The van der Waals surface area contributed by atoms with Crippen LogP contribution in [-0.2, 0) is 9.09 Å². The molecule has 0 aliphatic rings. The van der Waals surface area contributed by atoms with E-state index < -0.39 is 20.1 Å². The van der Waals surface area contributed by atoms with Gasteiger partial charge in [0.25, 0.3) is 0 Å². The molecule has 74 valence electrons. The van der Waals surface area contributed by atoms with E-state index in [1.54, 1.807) is 0 Å². The minimum Gasteiger partial charge on any atom is -0.790 e. The first-order valence-electron chi connectivity index (χ1n) is 2.13. The van der Waals surface area contributed by atoms with Gasteiger partial charge in [0.1, 0.15) is 0 Å². The minimum atomic E-state index is -6.35. The van der Waals surface area contributed by atoms with Crippen LogP contribution < -0.4 is 47.5 Å². The third kappa shape index (κ3) is 7.27. The first kappa shape index (κ1) is 20.4. The Morgan fingerprint density at radius 3 is 1.36 bits per heavy atom. The summed E-state index contributed by atoms with van der Waals surface area (Å²) in [6, 6.07) is 0. The summed E-state index contributed by atoms with van der Waals surface area (Å²) in [7, 11) is -6.35. The maximum absolute atomic E-state index is 11.5. The topological polar surface area (TPSA) is 72.4 Å². The van der Waals surface area contributed by atoms with Crippen molar-refractivity contribution in [2.75, 3.05) is 0 Å². The van der Waals surface area contributed by atoms with Crippen molar-refractivity contribution in [2.24, 2.45) is 0 Å². The van der Waals surface area contributed by atoms with Gasteiger partial charge >= 0.3 is 50.0 Å². The predicted octanol–water partition coefficient (Wildman–Crippen LogP) is -6.01. The molecular formula is C2F5Li2O4P. The van der Waals surface area contributed by atoms with E-state index in [0.29, 0.717) is 0 Å². The van der Waals surface area contributed by atoms with E-state index in [1.807, 2.05) is 4.52 Å². The molecule has 0 fully saturated rings. The van der Waals surface area contributed by atoms with Gasteiger partial charge in [-0.1, -0.05) is 0 Å². The molecular weight excluding hydrogens is 228 g/mol. The van der Waals surface area contributed by atoms with E-state index in [2.05, 4.69) is 0 Å². The molecule has 0 amide bonds. The summed E-state index contributed by atoms with van der Waals surface area (Å²) in [5, 5.41) is 0. The molecule has 0 saturated carbocycles. The fourth-order valence-electron chi connectivity index (χ4n) is 0.192. The van der Waals surface area contributed by atoms with Crippen LogP contribution in [0.2, 0.25) is 0 Å². The number of alkyl halides is 5. The van der Waals surface area contributed by atoms with Gasteiger partial charge in [0.05, 0.1) is 7.82 Å². The zero-order chi connectivity index (χ0) is 10.2. The molecule has 0 saturated heterocycles. The molecule has 0 aliphatic heterocycles. The summed E-state index contributed by atoms with van der Waals surface area (Å²) in [6.45, 7) is 0. The normalized spacial score (nSPS) is 12.8. The molecule has 0 atom stereocenters. The third-order valence-electron chi connectivity index (χ3n) is 0.556. The zero-order valence-corrected chi connectivity index (χ0v) is 7.86. The summed E-state index contributed by atoms with van der Waals surface area (Å²) in [5.41, 5.74) is 0. The molecule has 0 heterocycles. The smallest absolute Gasteiger partial charge is 0.790 e. The van der Waals surface area contributed by atoms with Crippen molar-refractivity contribution in [1.29, 1.82) is 0 Å². The fraction of sp³-hybridized carbons (Fsp3) is 1.00. The van der Waals surface area contributed by atoms with Crippen molar-refractivity contribution < 1.29 is 78.5 Å². The summed E-state index contributed by atoms with van der Waals surface area (Å²) in [4.78, 5) is 18.7. The fourth-order valence-corrected chi connectivity index (χ4v) is 0.577. The molecule has 0 rings (SSSR count). The molecule has 0 aliphatic carbocycles. The van der Waals surface area contributed by atoms with Crippen LogP contribution in [0.15, 0.2) is 0 Å². The van der Waals surface area contributed by atoms with E-state index >= 15 is 0 Å². The largest absolute Gasteiger partial charge is 1.00 e. The number of rotatable bonds is 2. The van der Waals surface area contributed by atoms with Gasteiger partial charge in [0.15, 0.2) is 0 Å². The van der Waals surface area contributed by atoms with Crippen LogP contribution in [0.4, 0.5) is 22.0 Å². The number of hydrogen-bond donors (Lipinski definition) is 0. The molecule has 0 radical (unpaired) electrons. The zero-order valence-electron chi connectivity index (χ0n) is 6.97. The molecule has 0 aromatic carbocycles. The summed E-state index contributed by atoms with van der Waals surface area (Å²) in [6.07, 6.45) is -12.2. The molecule has 0 N–H and O–H groups in total. The second kappa shape index (κ2) is 5.88. The van der Waals surface area contributed by atoms with Crippen LogP contribution in [0, 0.1) is 0 Å². The van der Waals surface area contributed by atoms with Crippen molar-refractivity contribution in [1.82, 2.24) is 0 Å². The summed E-state index contributed by atoms with van der Waals surface area (Å²) in [5.74, 6) is 0. The van der Waals surface area contributed by atoms with Gasteiger partial charge in [-0.3, -0.25) is 4.52 Å². The second-order valence-electron chi connectivity index (χ2n) is 1.55. The molecule has 0 spiro atoms. The van der Waals surface area contributed by atoms with Crippen LogP contribution in [0.25, 0.3) is 0 Å². The van der Waals surface area contributed by atoms with Crippen molar-refractivity contribution in [3.8, 4) is 0 Å². The van der Waals surface area contributed by atoms with Gasteiger partial charge in [0, 0.05) is 0 Å². The maximum atomic E-state index is 11.5. The Morgan fingerprint density at radius 1 is 1.00 bits per heavy atom. The first-order chi connectivity index (χ1) is 4.96. The summed E-state index contributed by atoms with van der Waals surface area (Å²) >= 11 is 0. The average Bonchev–Trinajstić information content (AvgIpc) is 1.52. The Hall–Kier alpha value is 0.955. The molecule has 0 aromatic heterocycles. The predicted molar refractivity (Wildman–Crippen MR) is 19.7 cm³/mol. The van der Waals surface area contributed by atoms with E-state index in [9.17, 15) is 36.3 Å². The van der Waals surface area contributed by atoms with Gasteiger partial charge < -0.3 is 14.4 Å². The van der Waals surface area contributed by atoms with Gasteiger partial charge in [0.2, 0.25) is 0 Å². The SMILES string of the molecule is O=P([O-])([O-])OC(F)(F)C(F)(F)F.[Li+].[Li+]. The van der Waals surface area contributed by atoms with Crippen molar-refractivity contribution in [3.63, 3.8) is 0 Å². The Bertz CT molecular complexity index is 212. The molecule has 12 heteroatoms. The van der Waals surface area contributed by atoms with Gasteiger partial charge in [-0.25, -0.2) is 0 Å². The van der Waals surface area contributed by atoms with Crippen molar-refractivity contribution in [3.05, 3.63) is 0 Å². The van der Waals surface area contributed by atoms with Crippen molar-refractivity contribution >= 4 is 7.82 Å². The van der Waals surface area contributed by atoms with Crippen LogP contribution in [0.1, 0.15) is 0 Å². The number of phosphoric ester groups is 1. The first-order valence-corrected chi connectivity index (χ1v) is 3.59. The molecule has 0 unspecified atom stereocenters. The van der Waals surface area contributed by atoms with Gasteiger partial charge in [-0.2, -0.15) is 22.0 Å². The number of hydrogen-bond acceptors (Lipinski definition) is 4. The van der Waals surface area contributed by atoms with Crippen LogP contribution >= 0.6 is 7.82 Å². The second-order valence-corrected chi connectivity index (χ2v) is 2.63. The molecule has 0 aromatic rings. The van der Waals surface area contributed by atoms with Crippen LogP contribution in [0.3, 0.4) is 0 Å². The average molecular weight is 228 g/mol. The van der Waals surface area contributed by atoms with E-state index in [4.69, 9.17) is 0 Å². The Morgan fingerprint density at radius 2 is 1.29 bits per heavy atom. The number of halogens is 5. The quantitative estimate of drug-likeness (QED) is 0.268. The Labute approximate surface area is 98.8 Å². The third-order valence-corrected chi connectivity index (χ3v) is 1.01. The Kier molecular flexibility index (Phi) is 8.56. The van der Waals surface area contributed by atoms with E-state index in [1.165, 1.54) is 0 Å². The molecule has 4 nitrogen and oxygen atoms in total. The number of phosphoric acid groups is 1. The van der Waals surface area contributed by atoms with Crippen LogP contribution in [-0.4, -0.2) is 12.3 Å². The van der Waals surface area contributed by atoms with E-state index in [0.717, 1.165) is 0 Å². The standard InChI is InChI=1S/C2H2F5O4P.2Li/c3-1(4,5)2(6,7)11-12(8,9)10;;/h(H2,8,9,10);;/q;2*+1/p-2. The van der Waals surface area contributed by atoms with E-state index in [-0.39, 0.29) is 37.7 Å². The van der Waals surface area contributed by atoms with Crippen LogP contribution in [0.5, 0.6) is 0 Å². The summed E-state index contributed by atoms with van der Waals surface area (Å²) < 4.78 is 67.6. The van der Waals surface area contributed by atoms with Gasteiger partial charge in [-0.05, 0) is 0 Å². The molecule has 0 bridgehead atoms. The maximum Gasteiger partial charge on any atom is 1.00 e. The Balaban J connectivity index is -0.000000605. The monoisotopic (exact) mass is 228 g/mol.